The van der Waals surface area contributed by atoms with Gasteiger partial charge in [0.15, 0.2) is 0 Å². The van der Waals surface area contributed by atoms with E-state index in [1.807, 2.05) is 0 Å². The van der Waals surface area contributed by atoms with E-state index in [0.29, 0.717) is 57.0 Å². The first-order valence-electron chi connectivity index (χ1n) is 15.4. The van der Waals surface area contributed by atoms with Crippen molar-refractivity contribution in [1.29, 1.82) is 0 Å². The summed E-state index contributed by atoms with van der Waals surface area (Å²) in [5.41, 5.74) is 5.75. The summed E-state index contributed by atoms with van der Waals surface area (Å²) >= 11 is 0. The Morgan fingerprint density at radius 2 is 0.844 bits per heavy atom. The van der Waals surface area contributed by atoms with Crippen LogP contribution in [0.5, 0.6) is 0 Å². The number of allylic oxidation sites excluding steroid dienone is 2. The summed E-state index contributed by atoms with van der Waals surface area (Å²) in [6.45, 7) is 16.1. The molecule has 2 aliphatic rings. The average Bonchev–Trinajstić information content (AvgIpc) is 3.64. The van der Waals surface area contributed by atoms with Gasteiger partial charge in [0.2, 0.25) is 0 Å². The number of carbonyl (C=O) groups is 3. The number of hydrogen-bond donors (Lipinski definition) is 0. The van der Waals surface area contributed by atoms with Crippen LogP contribution < -0.4 is 15.3 Å². The van der Waals surface area contributed by atoms with E-state index in [-0.39, 0.29) is 26.2 Å². The molecule has 0 aromatic heterocycles. The van der Waals surface area contributed by atoms with Crippen molar-refractivity contribution in [2.75, 3.05) is 39.3 Å². The summed E-state index contributed by atoms with van der Waals surface area (Å²) in [4.78, 5) is 33.6. The molecule has 3 amide bonds. The van der Waals surface area contributed by atoms with Crippen molar-refractivity contribution in [2.45, 2.75) is 60.3 Å². The van der Waals surface area contributed by atoms with E-state index >= 15 is 0 Å². The van der Waals surface area contributed by atoms with E-state index in [1.165, 1.54) is 37.0 Å². The van der Waals surface area contributed by atoms with Gasteiger partial charge in [-0.05, 0) is 69.7 Å². The van der Waals surface area contributed by atoms with Crippen LogP contribution in [0.3, 0.4) is 0 Å². The Kier molecular flexibility index (Phi) is 20.5. The second-order valence-corrected chi connectivity index (χ2v) is 10.2. The topological polar surface area (TPSA) is 130 Å². The molecule has 2 aromatic rings. The number of amides is 3. The summed E-state index contributed by atoms with van der Waals surface area (Å²) in [5.74, 6) is 1.66. The van der Waals surface area contributed by atoms with Crippen LogP contribution in [-0.4, -0.2) is 72.2 Å². The molecule has 243 valence electrons. The van der Waals surface area contributed by atoms with Gasteiger partial charge in [-0.15, -0.1) is 0 Å². The van der Waals surface area contributed by atoms with Gasteiger partial charge in [0.1, 0.15) is 18.3 Å². The Balaban J connectivity index is 0.000000655. The van der Waals surface area contributed by atoms with E-state index in [0.717, 1.165) is 0 Å². The number of nitrogens with zero attached hydrogens (tertiary/aromatic N) is 3. The monoisotopic (exact) mass is 696 g/mol. The first kappa shape index (κ1) is 41.6. The predicted molar refractivity (Wildman–Crippen MR) is 171 cm³/mol. The van der Waals surface area contributed by atoms with Gasteiger partial charge in [0.25, 0.3) is 0 Å². The van der Waals surface area contributed by atoms with Crippen molar-refractivity contribution in [2.24, 2.45) is 5.92 Å². The van der Waals surface area contributed by atoms with Gasteiger partial charge < -0.3 is 44.4 Å². The number of rotatable bonds is 8. The van der Waals surface area contributed by atoms with Crippen LogP contribution in [0.1, 0.15) is 82.6 Å². The van der Waals surface area contributed by atoms with Crippen LogP contribution >= 0.6 is 0 Å². The fraction of sp³-hybridized carbons (Fsp3) is 0.457. The van der Waals surface area contributed by atoms with Gasteiger partial charge in [0.05, 0.1) is 0 Å². The Morgan fingerprint density at radius 3 is 1.07 bits per heavy atom. The first-order chi connectivity index (χ1) is 21.0. The first-order valence-corrected chi connectivity index (χ1v) is 15.4. The molecular formula is C35H48N3O6Zr. The molecule has 0 N–H and O–H groups in total. The minimum atomic E-state index is -1.09. The van der Waals surface area contributed by atoms with Crippen molar-refractivity contribution in [1.82, 2.24) is 14.7 Å². The molecular weight excluding hydrogens is 650 g/mol. The molecule has 0 saturated carbocycles. The zero-order valence-corrected chi connectivity index (χ0v) is 30.2. The second-order valence-electron chi connectivity index (χ2n) is 10.2. The van der Waals surface area contributed by atoms with Crippen LogP contribution in [0.2, 0.25) is 0 Å². The molecule has 10 heteroatoms. The normalized spacial score (nSPS) is 15.2. The molecule has 1 radical (unpaired) electrons. The number of hydrogen-bond acceptors (Lipinski definition) is 6. The van der Waals surface area contributed by atoms with Gasteiger partial charge in [-0.3, -0.25) is 0 Å². The number of benzene rings is 2. The molecule has 9 nitrogen and oxygen atoms in total. The van der Waals surface area contributed by atoms with E-state index in [1.54, 1.807) is 41.5 Å². The molecule has 0 spiro atoms. The van der Waals surface area contributed by atoms with Gasteiger partial charge in [-0.1, -0.05) is 79.8 Å². The van der Waals surface area contributed by atoms with E-state index < -0.39 is 18.3 Å². The Morgan fingerprint density at radius 1 is 0.578 bits per heavy atom. The molecule has 2 unspecified atom stereocenters. The van der Waals surface area contributed by atoms with Crippen molar-refractivity contribution >= 4 is 30.4 Å². The quantitative estimate of drug-likeness (QED) is 0.406. The summed E-state index contributed by atoms with van der Waals surface area (Å²) in [7, 11) is 0. The van der Waals surface area contributed by atoms with Gasteiger partial charge in [-0.2, -0.15) is 0 Å². The Bertz CT molecular complexity index is 1130. The van der Waals surface area contributed by atoms with Gasteiger partial charge in [-0.25, -0.2) is 0 Å². The third-order valence-electron chi connectivity index (χ3n) is 7.87. The molecule has 4 rings (SSSR count). The largest absolute Gasteiger partial charge is 3.00 e. The van der Waals surface area contributed by atoms with Gasteiger partial charge in [0, 0.05) is 51.1 Å². The molecule has 0 bridgehead atoms. The molecule has 2 aliphatic carbocycles. The molecule has 0 saturated heterocycles. The minimum absolute atomic E-state index is 0. The number of carboxylic acid groups (broad SMARTS) is 3. The minimum Gasteiger partial charge on any atom is -0.530 e. The van der Waals surface area contributed by atoms with E-state index in [4.69, 9.17) is 0 Å². The van der Waals surface area contributed by atoms with Crippen LogP contribution in [-0.2, 0) is 26.2 Å². The average molecular weight is 698 g/mol. The number of carbonyl (C=O) groups excluding carboxylic acids is 3. The van der Waals surface area contributed by atoms with Crippen molar-refractivity contribution in [3.05, 3.63) is 82.9 Å². The smallest absolute Gasteiger partial charge is 0.530 e. The van der Waals surface area contributed by atoms with Crippen molar-refractivity contribution in [3.63, 3.8) is 0 Å². The third-order valence-corrected chi connectivity index (χ3v) is 7.87. The fourth-order valence-corrected chi connectivity index (χ4v) is 5.14. The fourth-order valence-electron chi connectivity index (χ4n) is 5.14. The zero-order chi connectivity index (χ0) is 33.2. The second kappa shape index (κ2) is 22.2. The summed E-state index contributed by atoms with van der Waals surface area (Å²) in [6, 6.07) is 17.6. The predicted octanol–water partition coefficient (Wildman–Crippen LogP) is 4.26. The van der Waals surface area contributed by atoms with E-state index in [2.05, 4.69) is 79.8 Å². The molecule has 0 heterocycles. The Hall–Kier alpha value is -3.39. The maximum atomic E-state index is 9.98. The van der Waals surface area contributed by atoms with Gasteiger partial charge >= 0.3 is 26.2 Å². The maximum absolute atomic E-state index is 9.98. The van der Waals surface area contributed by atoms with E-state index in [9.17, 15) is 29.7 Å². The summed E-state index contributed by atoms with van der Waals surface area (Å²) < 4.78 is 0. The molecule has 0 aliphatic heterocycles. The van der Waals surface area contributed by atoms with Crippen molar-refractivity contribution in [3.8, 4) is 0 Å². The Labute approximate surface area is 288 Å². The SMILES string of the molecule is CC(C1C=Cc2ccccc21)C1C=Cc2ccccc21.CCN(CC)C(=O)[O-].CCN(CC)C(=O)[O-].CCN(CC)C(=O)[O-].[Zr+3]. The molecule has 2 aromatic carbocycles. The summed E-state index contributed by atoms with van der Waals surface area (Å²) in [6.07, 6.45) is 6.05. The summed E-state index contributed by atoms with van der Waals surface area (Å²) in [5, 5.41) is 29.9. The molecule has 2 atom stereocenters. The van der Waals surface area contributed by atoms with Crippen LogP contribution in [0.4, 0.5) is 14.4 Å². The van der Waals surface area contributed by atoms with Crippen LogP contribution in [0.25, 0.3) is 12.2 Å². The standard InChI is InChI=1S/C20H18.3C5H11NO2.Zr/c1-14(17-12-10-15-6-2-4-8-19(15)17)18-13-11-16-7-3-5-9-20(16)18;3*1-3-6(4-2)5(7)8;/h2-14,17-18H,1H3;3*3-4H2,1-2H3,(H,7,8);/q;;;;+3/p-3. The van der Waals surface area contributed by atoms with Crippen LogP contribution in [0, 0.1) is 5.92 Å². The third kappa shape index (κ3) is 12.9. The molecule has 0 fully saturated rings. The zero-order valence-electron chi connectivity index (χ0n) is 27.7. The maximum Gasteiger partial charge on any atom is 3.00 e. The van der Waals surface area contributed by atoms with Crippen LogP contribution in [0.15, 0.2) is 60.7 Å². The molecule has 45 heavy (non-hydrogen) atoms. The number of fused-ring (bicyclic) bond motifs is 2. The van der Waals surface area contributed by atoms with Crippen molar-refractivity contribution < 1.29 is 55.9 Å².